The maximum atomic E-state index is 12.3. The Kier molecular flexibility index (Phi) is 4.53. The van der Waals surface area contributed by atoms with E-state index in [-0.39, 0.29) is 5.91 Å². The van der Waals surface area contributed by atoms with Crippen molar-refractivity contribution in [2.45, 2.75) is 57.6 Å². The van der Waals surface area contributed by atoms with E-state index in [0.29, 0.717) is 17.5 Å². The largest absolute Gasteiger partial charge is 0.478 e. The van der Waals surface area contributed by atoms with E-state index in [0.717, 1.165) is 12.8 Å². The van der Waals surface area contributed by atoms with Crippen molar-refractivity contribution >= 4 is 11.6 Å². The smallest absolute Gasteiger partial charge is 0.263 e. The minimum absolute atomic E-state index is 0.0544. The molecule has 1 amide bonds. The molecule has 0 saturated heterocycles. The number of anilines is 1. The molecule has 0 aromatic heterocycles. The molecule has 1 aliphatic carbocycles. The second-order valence-electron chi connectivity index (χ2n) is 5.99. The van der Waals surface area contributed by atoms with Crippen LogP contribution in [0.25, 0.3) is 0 Å². The summed E-state index contributed by atoms with van der Waals surface area (Å²) in [5, 5.41) is 3.10. The van der Waals surface area contributed by atoms with Crippen LogP contribution in [0.2, 0.25) is 0 Å². The third-order valence-electron chi connectivity index (χ3n) is 3.74. The van der Waals surface area contributed by atoms with Crippen LogP contribution in [-0.2, 0) is 4.79 Å². The highest BCUT2D eigenvalue weighted by atomic mass is 16.5. The van der Waals surface area contributed by atoms with Gasteiger partial charge in [0.1, 0.15) is 5.75 Å². The van der Waals surface area contributed by atoms with Crippen molar-refractivity contribution < 1.29 is 9.53 Å². The molecule has 0 aliphatic heterocycles. The van der Waals surface area contributed by atoms with Gasteiger partial charge in [0.25, 0.3) is 5.91 Å². The van der Waals surface area contributed by atoms with Crippen LogP contribution in [-0.4, -0.2) is 17.6 Å². The highest BCUT2D eigenvalue weighted by Crippen LogP contribution is 2.22. The zero-order valence-electron chi connectivity index (χ0n) is 12.3. The van der Waals surface area contributed by atoms with Crippen LogP contribution in [0, 0.1) is 0 Å². The molecule has 0 atom stereocenters. The Morgan fingerprint density at radius 1 is 1.20 bits per heavy atom. The zero-order valence-corrected chi connectivity index (χ0v) is 12.3. The second kappa shape index (κ2) is 6.16. The SMILES string of the molecule is CC(C)(Oc1ccc(N)cc1)C(=O)NC1CCCCC1. The average molecular weight is 276 g/mol. The van der Waals surface area contributed by atoms with Gasteiger partial charge in [0.15, 0.2) is 5.60 Å². The van der Waals surface area contributed by atoms with Crippen LogP contribution in [0.5, 0.6) is 5.75 Å². The van der Waals surface area contributed by atoms with Gasteiger partial charge in [-0.1, -0.05) is 19.3 Å². The van der Waals surface area contributed by atoms with Gasteiger partial charge in [-0.3, -0.25) is 4.79 Å². The molecular weight excluding hydrogens is 252 g/mol. The van der Waals surface area contributed by atoms with Gasteiger partial charge >= 0.3 is 0 Å². The van der Waals surface area contributed by atoms with E-state index in [1.807, 2.05) is 0 Å². The van der Waals surface area contributed by atoms with E-state index < -0.39 is 5.60 Å². The molecule has 0 bridgehead atoms. The number of carbonyl (C=O) groups is 1. The van der Waals surface area contributed by atoms with Gasteiger partial charge in [-0.15, -0.1) is 0 Å². The average Bonchev–Trinajstić information content (AvgIpc) is 2.42. The molecule has 1 aromatic carbocycles. The lowest BCUT2D eigenvalue weighted by atomic mass is 9.94. The van der Waals surface area contributed by atoms with Crippen molar-refractivity contribution in [1.82, 2.24) is 5.32 Å². The van der Waals surface area contributed by atoms with Crippen LogP contribution >= 0.6 is 0 Å². The van der Waals surface area contributed by atoms with Crippen molar-refractivity contribution in [3.8, 4) is 5.75 Å². The molecular formula is C16H24N2O2. The Balaban J connectivity index is 1.94. The highest BCUT2D eigenvalue weighted by molar-refractivity contribution is 5.85. The molecule has 1 saturated carbocycles. The van der Waals surface area contributed by atoms with Crippen molar-refractivity contribution in [2.24, 2.45) is 0 Å². The molecule has 0 heterocycles. The minimum Gasteiger partial charge on any atom is -0.478 e. The van der Waals surface area contributed by atoms with E-state index in [1.165, 1.54) is 19.3 Å². The molecule has 4 nitrogen and oxygen atoms in total. The molecule has 110 valence electrons. The fourth-order valence-electron chi connectivity index (χ4n) is 2.48. The molecule has 4 heteroatoms. The van der Waals surface area contributed by atoms with Crippen molar-refractivity contribution in [3.05, 3.63) is 24.3 Å². The first-order valence-electron chi connectivity index (χ1n) is 7.33. The van der Waals surface area contributed by atoms with Crippen LogP contribution in [0.1, 0.15) is 46.0 Å². The molecule has 3 N–H and O–H groups in total. The Morgan fingerprint density at radius 3 is 2.40 bits per heavy atom. The molecule has 1 fully saturated rings. The van der Waals surface area contributed by atoms with Crippen molar-refractivity contribution in [3.63, 3.8) is 0 Å². The lowest BCUT2D eigenvalue weighted by Gasteiger charge is -2.30. The van der Waals surface area contributed by atoms with Crippen LogP contribution in [0.15, 0.2) is 24.3 Å². The number of amides is 1. The Bertz CT molecular complexity index is 448. The fourth-order valence-corrected chi connectivity index (χ4v) is 2.48. The number of hydrogen-bond acceptors (Lipinski definition) is 3. The first kappa shape index (κ1) is 14.7. The number of hydrogen-bond donors (Lipinski definition) is 2. The molecule has 0 radical (unpaired) electrons. The maximum absolute atomic E-state index is 12.3. The second-order valence-corrected chi connectivity index (χ2v) is 5.99. The van der Waals surface area contributed by atoms with Gasteiger partial charge in [-0.05, 0) is 51.0 Å². The van der Waals surface area contributed by atoms with E-state index >= 15 is 0 Å². The normalized spacial score (nSPS) is 16.7. The van der Waals surface area contributed by atoms with E-state index in [2.05, 4.69) is 5.32 Å². The molecule has 1 aromatic rings. The molecule has 2 rings (SSSR count). The first-order valence-corrected chi connectivity index (χ1v) is 7.33. The lowest BCUT2D eigenvalue weighted by molar-refractivity contribution is -0.135. The van der Waals surface area contributed by atoms with Crippen molar-refractivity contribution in [2.75, 3.05) is 5.73 Å². The number of nitrogens with two attached hydrogens (primary N) is 1. The Morgan fingerprint density at radius 2 is 1.80 bits per heavy atom. The standard InChI is InChI=1S/C16H24N2O2/c1-16(2,20-14-10-8-12(17)9-11-14)15(19)18-13-6-4-3-5-7-13/h8-11,13H,3-7,17H2,1-2H3,(H,18,19). The lowest BCUT2D eigenvalue weighted by Crippen LogP contribution is -2.50. The zero-order chi connectivity index (χ0) is 14.6. The predicted octanol–water partition coefficient (Wildman–Crippen LogP) is 2.88. The van der Waals surface area contributed by atoms with Crippen LogP contribution in [0.3, 0.4) is 0 Å². The van der Waals surface area contributed by atoms with Crippen LogP contribution < -0.4 is 15.8 Å². The number of nitrogen functional groups attached to an aromatic ring is 1. The van der Waals surface area contributed by atoms with Crippen molar-refractivity contribution in [1.29, 1.82) is 0 Å². The van der Waals surface area contributed by atoms with Gasteiger partial charge in [-0.2, -0.15) is 0 Å². The van der Waals surface area contributed by atoms with E-state index in [9.17, 15) is 4.79 Å². The van der Waals surface area contributed by atoms with Gasteiger partial charge in [0.05, 0.1) is 0 Å². The topological polar surface area (TPSA) is 64.3 Å². The van der Waals surface area contributed by atoms with Gasteiger partial charge in [0, 0.05) is 11.7 Å². The first-order chi connectivity index (χ1) is 9.47. The van der Waals surface area contributed by atoms with E-state index in [4.69, 9.17) is 10.5 Å². The van der Waals surface area contributed by atoms with Gasteiger partial charge < -0.3 is 15.8 Å². The predicted molar refractivity (Wildman–Crippen MR) is 80.6 cm³/mol. The minimum atomic E-state index is -0.881. The monoisotopic (exact) mass is 276 g/mol. The summed E-state index contributed by atoms with van der Waals surface area (Å²) in [4.78, 5) is 12.3. The number of ether oxygens (including phenoxy) is 1. The summed E-state index contributed by atoms with van der Waals surface area (Å²) in [5.74, 6) is 0.601. The Hall–Kier alpha value is -1.71. The molecule has 0 spiro atoms. The number of carbonyl (C=O) groups excluding carboxylic acids is 1. The summed E-state index contributed by atoms with van der Waals surface area (Å²) in [7, 11) is 0. The molecule has 0 unspecified atom stereocenters. The third kappa shape index (κ3) is 3.89. The van der Waals surface area contributed by atoms with E-state index in [1.54, 1.807) is 38.1 Å². The van der Waals surface area contributed by atoms with Gasteiger partial charge in [-0.25, -0.2) is 0 Å². The summed E-state index contributed by atoms with van der Waals surface area (Å²) < 4.78 is 5.79. The van der Waals surface area contributed by atoms with Gasteiger partial charge in [0.2, 0.25) is 0 Å². The summed E-state index contributed by atoms with van der Waals surface area (Å²) in [6.07, 6.45) is 5.82. The number of nitrogens with one attached hydrogen (secondary N) is 1. The fraction of sp³-hybridized carbons (Fsp3) is 0.562. The summed E-state index contributed by atoms with van der Waals surface area (Å²) in [5.41, 5.74) is 5.44. The summed E-state index contributed by atoms with van der Waals surface area (Å²) in [6, 6.07) is 7.40. The van der Waals surface area contributed by atoms with Crippen LogP contribution in [0.4, 0.5) is 5.69 Å². The molecule has 20 heavy (non-hydrogen) atoms. The quantitative estimate of drug-likeness (QED) is 0.831. The maximum Gasteiger partial charge on any atom is 0.263 e. The molecule has 1 aliphatic rings. The number of benzene rings is 1. The highest BCUT2D eigenvalue weighted by Gasteiger charge is 2.31. The number of rotatable bonds is 4. The summed E-state index contributed by atoms with van der Waals surface area (Å²) >= 11 is 0. The Labute approximate surface area is 120 Å². The third-order valence-corrected chi connectivity index (χ3v) is 3.74. The summed E-state index contributed by atoms with van der Waals surface area (Å²) in [6.45, 7) is 3.59.